The summed E-state index contributed by atoms with van der Waals surface area (Å²) in [5, 5.41) is 2.90. The summed E-state index contributed by atoms with van der Waals surface area (Å²) in [5.41, 5.74) is 0.983. The second-order valence-corrected chi connectivity index (χ2v) is 11.3. The van der Waals surface area contributed by atoms with Crippen LogP contribution in [0.25, 0.3) is 0 Å². The van der Waals surface area contributed by atoms with Crippen molar-refractivity contribution in [3.8, 4) is 11.5 Å². The fraction of sp³-hybridized carbons (Fsp3) is 0.440. The Morgan fingerprint density at radius 1 is 1.06 bits per heavy atom. The molecule has 0 fully saturated rings. The first-order valence-corrected chi connectivity index (χ1v) is 14.1. The van der Waals surface area contributed by atoms with Crippen LogP contribution in [0, 0.1) is 0 Å². The van der Waals surface area contributed by atoms with Gasteiger partial charge in [0, 0.05) is 23.1 Å². The minimum atomic E-state index is -3.89. The number of hydrogen-bond donors (Lipinski definition) is 1. The summed E-state index contributed by atoms with van der Waals surface area (Å²) in [4.78, 5) is 28.0. The maximum atomic E-state index is 13.6. The molecule has 0 bridgehead atoms. The fourth-order valence-electron chi connectivity index (χ4n) is 3.42. The van der Waals surface area contributed by atoms with E-state index in [2.05, 4.69) is 21.2 Å². The van der Waals surface area contributed by atoms with Gasteiger partial charge in [0.25, 0.3) is 0 Å². The van der Waals surface area contributed by atoms with Gasteiger partial charge < -0.3 is 19.7 Å². The number of carbonyl (C=O) groups is 2. The van der Waals surface area contributed by atoms with E-state index in [4.69, 9.17) is 9.47 Å². The monoisotopic (exact) mass is 583 g/mol. The molecule has 11 heteroatoms. The van der Waals surface area contributed by atoms with E-state index in [-0.39, 0.29) is 29.9 Å². The molecule has 2 atom stereocenters. The van der Waals surface area contributed by atoms with Gasteiger partial charge in [0.1, 0.15) is 24.1 Å². The van der Waals surface area contributed by atoms with E-state index < -0.39 is 28.5 Å². The normalized spacial score (nSPS) is 12.9. The van der Waals surface area contributed by atoms with Crippen molar-refractivity contribution in [1.29, 1.82) is 0 Å². The van der Waals surface area contributed by atoms with Crippen LogP contribution in [-0.4, -0.2) is 64.2 Å². The minimum absolute atomic E-state index is 0.0688. The minimum Gasteiger partial charge on any atom is -0.497 e. The highest BCUT2D eigenvalue weighted by atomic mass is 79.9. The third-order valence-electron chi connectivity index (χ3n) is 5.77. The fourth-order valence-corrected chi connectivity index (χ4v) is 4.54. The number of amides is 2. The molecular formula is C25H34BrN3O6S. The topological polar surface area (TPSA) is 105 Å². The highest BCUT2D eigenvalue weighted by Gasteiger charge is 2.31. The van der Waals surface area contributed by atoms with Crippen molar-refractivity contribution in [2.45, 2.75) is 45.8 Å². The van der Waals surface area contributed by atoms with E-state index in [9.17, 15) is 18.0 Å². The van der Waals surface area contributed by atoms with E-state index in [1.54, 1.807) is 19.1 Å². The van der Waals surface area contributed by atoms with E-state index in [1.807, 2.05) is 38.1 Å². The number of anilines is 1. The maximum absolute atomic E-state index is 13.6. The summed E-state index contributed by atoms with van der Waals surface area (Å²) in [6.07, 6.45) is 1.75. The molecule has 0 radical (unpaired) electrons. The Bertz CT molecular complexity index is 1160. The van der Waals surface area contributed by atoms with E-state index in [1.165, 1.54) is 25.2 Å². The highest BCUT2D eigenvalue weighted by Crippen LogP contribution is 2.33. The summed E-state index contributed by atoms with van der Waals surface area (Å²) in [5.74, 6) is -0.145. The molecule has 0 spiro atoms. The third-order valence-corrected chi connectivity index (χ3v) is 7.42. The lowest BCUT2D eigenvalue weighted by atomic mass is 10.1. The number of methoxy groups -OCH3 is 2. The molecule has 0 saturated carbocycles. The van der Waals surface area contributed by atoms with E-state index >= 15 is 0 Å². The quantitative estimate of drug-likeness (QED) is 0.409. The van der Waals surface area contributed by atoms with Crippen LogP contribution in [-0.2, 0) is 26.2 Å². The molecule has 0 unspecified atom stereocenters. The average Bonchev–Trinajstić information content (AvgIpc) is 2.85. The van der Waals surface area contributed by atoms with Crippen molar-refractivity contribution in [3.63, 3.8) is 0 Å². The number of rotatable bonds is 12. The molecular weight excluding hydrogens is 550 g/mol. The van der Waals surface area contributed by atoms with Crippen molar-refractivity contribution < 1.29 is 27.5 Å². The zero-order valence-corrected chi connectivity index (χ0v) is 23.9. The maximum Gasteiger partial charge on any atom is 0.244 e. The molecule has 9 nitrogen and oxygen atoms in total. The largest absolute Gasteiger partial charge is 0.497 e. The predicted molar refractivity (Wildman–Crippen MR) is 144 cm³/mol. The lowest BCUT2D eigenvalue weighted by molar-refractivity contribution is -0.139. The van der Waals surface area contributed by atoms with Crippen LogP contribution in [0.1, 0.15) is 32.8 Å². The number of nitrogens with one attached hydrogen (secondary N) is 1. The summed E-state index contributed by atoms with van der Waals surface area (Å²) in [7, 11) is -0.999. The van der Waals surface area contributed by atoms with Crippen LogP contribution in [0.3, 0.4) is 0 Å². The van der Waals surface area contributed by atoms with Crippen molar-refractivity contribution in [2.24, 2.45) is 0 Å². The second-order valence-electron chi connectivity index (χ2n) is 8.45. The Balaban J connectivity index is 2.45. The standard InChI is InChI=1S/C25H34BrN3O6S/c1-7-17(2)27-25(31)18(3)28(15-19-8-10-20(26)11-9-19)24(30)16-29(36(6,32)33)22-13-12-21(34-4)14-23(22)35-5/h8-14,17-18H,7,15-16H2,1-6H3,(H,27,31)/t17-,18-/m1/s1. The molecule has 2 amide bonds. The highest BCUT2D eigenvalue weighted by molar-refractivity contribution is 9.10. The Morgan fingerprint density at radius 2 is 1.69 bits per heavy atom. The molecule has 0 aliphatic heterocycles. The lowest BCUT2D eigenvalue weighted by Crippen LogP contribution is -2.52. The van der Waals surface area contributed by atoms with Crippen molar-refractivity contribution in [3.05, 3.63) is 52.5 Å². The van der Waals surface area contributed by atoms with Gasteiger partial charge in [0.05, 0.1) is 26.2 Å². The third kappa shape index (κ3) is 7.86. The SMILES string of the molecule is CC[C@@H](C)NC(=O)[C@@H](C)N(Cc1ccc(Br)cc1)C(=O)CN(c1ccc(OC)cc1OC)S(C)(=O)=O. The van der Waals surface area contributed by atoms with Crippen molar-refractivity contribution >= 4 is 43.5 Å². The van der Waals surface area contributed by atoms with Gasteiger partial charge in [0.15, 0.2) is 0 Å². The number of halogens is 1. The van der Waals surface area contributed by atoms with Crippen LogP contribution in [0.5, 0.6) is 11.5 Å². The molecule has 2 aromatic carbocycles. The summed E-state index contributed by atoms with van der Waals surface area (Å²) in [6, 6.07) is 11.1. The molecule has 2 aromatic rings. The average molecular weight is 585 g/mol. The predicted octanol–water partition coefficient (Wildman–Crippen LogP) is 3.56. The number of ether oxygens (including phenoxy) is 2. The Hall–Kier alpha value is -2.79. The van der Waals surface area contributed by atoms with Crippen LogP contribution < -0.4 is 19.1 Å². The van der Waals surface area contributed by atoms with E-state index in [0.29, 0.717) is 5.75 Å². The zero-order chi connectivity index (χ0) is 27.0. The Morgan fingerprint density at radius 3 is 2.22 bits per heavy atom. The molecule has 2 rings (SSSR count). The van der Waals surface area contributed by atoms with Gasteiger partial charge in [-0.2, -0.15) is 0 Å². The first-order valence-electron chi connectivity index (χ1n) is 11.4. The van der Waals surface area contributed by atoms with Gasteiger partial charge in [-0.1, -0.05) is 35.0 Å². The van der Waals surface area contributed by atoms with E-state index in [0.717, 1.165) is 27.0 Å². The number of nitrogens with zero attached hydrogens (tertiary/aromatic N) is 2. The molecule has 36 heavy (non-hydrogen) atoms. The molecule has 0 aliphatic carbocycles. The molecule has 198 valence electrons. The number of hydrogen-bond acceptors (Lipinski definition) is 6. The van der Waals surface area contributed by atoms with Crippen LogP contribution in [0.15, 0.2) is 46.9 Å². The van der Waals surface area contributed by atoms with Gasteiger partial charge in [-0.05, 0) is 50.1 Å². The van der Waals surface area contributed by atoms with Crippen LogP contribution >= 0.6 is 15.9 Å². The number of sulfonamides is 1. The van der Waals surface area contributed by atoms with Gasteiger partial charge in [-0.25, -0.2) is 8.42 Å². The molecule has 0 saturated heterocycles. The first-order chi connectivity index (χ1) is 16.9. The number of carbonyl (C=O) groups excluding carboxylic acids is 2. The van der Waals surface area contributed by atoms with Crippen molar-refractivity contribution in [1.82, 2.24) is 10.2 Å². The Kier molecular flexibility index (Phi) is 10.6. The molecule has 0 heterocycles. The first kappa shape index (κ1) is 29.4. The second kappa shape index (κ2) is 13.0. The lowest BCUT2D eigenvalue weighted by Gasteiger charge is -2.32. The van der Waals surface area contributed by atoms with Crippen LogP contribution in [0.4, 0.5) is 5.69 Å². The van der Waals surface area contributed by atoms with Crippen molar-refractivity contribution in [2.75, 3.05) is 31.3 Å². The summed E-state index contributed by atoms with van der Waals surface area (Å²) >= 11 is 3.39. The number of benzene rings is 2. The van der Waals surface area contributed by atoms with Gasteiger partial charge in [-0.15, -0.1) is 0 Å². The molecule has 0 aromatic heterocycles. The zero-order valence-electron chi connectivity index (χ0n) is 21.4. The van der Waals surface area contributed by atoms with Gasteiger partial charge in [0.2, 0.25) is 21.8 Å². The Labute approximate surface area is 221 Å². The smallest absolute Gasteiger partial charge is 0.244 e. The summed E-state index contributed by atoms with van der Waals surface area (Å²) < 4.78 is 38.0. The van der Waals surface area contributed by atoms with Crippen LogP contribution in [0.2, 0.25) is 0 Å². The molecule has 1 N–H and O–H groups in total. The summed E-state index contributed by atoms with van der Waals surface area (Å²) in [6.45, 7) is 5.07. The van der Waals surface area contributed by atoms with Gasteiger partial charge >= 0.3 is 0 Å². The van der Waals surface area contributed by atoms with Gasteiger partial charge in [-0.3, -0.25) is 13.9 Å². The molecule has 0 aliphatic rings.